The lowest BCUT2D eigenvalue weighted by molar-refractivity contribution is -0.117. The van der Waals surface area contributed by atoms with Gasteiger partial charge in [0, 0.05) is 23.7 Å². The minimum absolute atomic E-state index is 0.0448. The van der Waals surface area contributed by atoms with E-state index in [2.05, 4.69) is 12.2 Å². The van der Waals surface area contributed by atoms with Crippen molar-refractivity contribution in [2.75, 3.05) is 14.2 Å². The highest BCUT2D eigenvalue weighted by molar-refractivity contribution is 5.92. The van der Waals surface area contributed by atoms with Crippen molar-refractivity contribution in [1.29, 1.82) is 0 Å². The van der Waals surface area contributed by atoms with Crippen LogP contribution in [0.15, 0.2) is 24.3 Å². The second kappa shape index (κ2) is 7.87. The summed E-state index contributed by atoms with van der Waals surface area (Å²) in [4.78, 5) is 12.1. The molecule has 1 fully saturated rings. The average Bonchev–Trinajstić information content (AvgIpc) is 2.55. The van der Waals surface area contributed by atoms with Crippen LogP contribution in [0.1, 0.15) is 38.2 Å². The first kappa shape index (κ1) is 16.4. The number of methoxy groups -OCH3 is 2. The van der Waals surface area contributed by atoms with E-state index in [0.29, 0.717) is 17.7 Å². The van der Waals surface area contributed by atoms with E-state index in [4.69, 9.17) is 9.47 Å². The van der Waals surface area contributed by atoms with Gasteiger partial charge in [0.05, 0.1) is 14.2 Å². The Labute approximate surface area is 132 Å². The first-order valence-electron chi connectivity index (χ1n) is 7.84. The van der Waals surface area contributed by atoms with Crippen molar-refractivity contribution in [3.05, 3.63) is 29.8 Å². The molecule has 1 saturated carbocycles. The van der Waals surface area contributed by atoms with Crippen LogP contribution in [0.3, 0.4) is 0 Å². The molecule has 0 radical (unpaired) electrons. The molecule has 1 aliphatic rings. The van der Waals surface area contributed by atoms with Gasteiger partial charge in [0.1, 0.15) is 11.5 Å². The number of rotatable bonds is 5. The molecule has 2 rings (SSSR count). The maximum absolute atomic E-state index is 12.1. The van der Waals surface area contributed by atoms with Crippen molar-refractivity contribution in [1.82, 2.24) is 5.32 Å². The first-order chi connectivity index (χ1) is 10.6. The number of hydrogen-bond donors (Lipinski definition) is 1. The number of benzene rings is 1. The fourth-order valence-corrected chi connectivity index (χ4v) is 2.88. The highest BCUT2D eigenvalue weighted by Crippen LogP contribution is 2.26. The molecule has 1 aromatic rings. The summed E-state index contributed by atoms with van der Waals surface area (Å²) in [5.41, 5.74) is 0.857. The van der Waals surface area contributed by atoms with Gasteiger partial charge in [-0.15, -0.1) is 0 Å². The second-order valence-corrected chi connectivity index (χ2v) is 5.82. The largest absolute Gasteiger partial charge is 0.497 e. The maximum Gasteiger partial charge on any atom is 0.244 e. The Kier molecular flexibility index (Phi) is 5.87. The summed E-state index contributed by atoms with van der Waals surface area (Å²) in [5, 5.41) is 3.11. The zero-order valence-electron chi connectivity index (χ0n) is 13.6. The maximum atomic E-state index is 12.1. The lowest BCUT2D eigenvalue weighted by Gasteiger charge is -2.29. The molecule has 0 saturated heterocycles. The number of nitrogens with one attached hydrogen (secondary N) is 1. The van der Waals surface area contributed by atoms with Crippen LogP contribution in [-0.4, -0.2) is 26.2 Å². The first-order valence-corrected chi connectivity index (χ1v) is 7.84. The summed E-state index contributed by atoms with van der Waals surface area (Å²) >= 11 is 0. The Morgan fingerprint density at radius 2 is 2.00 bits per heavy atom. The standard InChI is InChI=1S/C18H25NO3/c1-13-6-4-5-7-16(13)19-18(20)11-9-14-8-10-15(21-2)12-17(14)22-3/h8-13,16H,4-7H2,1-3H3,(H,19,20)/b11-9+. The third-order valence-electron chi connectivity index (χ3n) is 4.29. The van der Waals surface area contributed by atoms with Gasteiger partial charge in [-0.1, -0.05) is 19.8 Å². The SMILES string of the molecule is COc1ccc(/C=C/C(=O)NC2CCCCC2C)c(OC)c1. The van der Waals surface area contributed by atoms with Gasteiger partial charge in [0.2, 0.25) is 5.91 Å². The van der Waals surface area contributed by atoms with Crippen molar-refractivity contribution >= 4 is 12.0 Å². The zero-order chi connectivity index (χ0) is 15.9. The van der Waals surface area contributed by atoms with Gasteiger partial charge >= 0.3 is 0 Å². The fourth-order valence-electron chi connectivity index (χ4n) is 2.88. The molecule has 2 atom stereocenters. The van der Waals surface area contributed by atoms with Gasteiger partial charge in [0.25, 0.3) is 0 Å². The highest BCUT2D eigenvalue weighted by Gasteiger charge is 2.21. The minimum atomic E-state index is -0.0448. The predicted molar refractivity (Wildman–Crippen MR) is 88.1 cm³/mol. The molecule has 0 aromatic heterocycles. The van der Waals surface area contributed by atoms with Gasteiger partial charge in [-0.3, -0.25) is 4.79 Å². The third-order valence-corrected chi connectivity index (χ3v) is 4.29. The molecule has 4 heteroatoms. The summed E-state index contributed by atoms with van der Waals surface area (Å²) in [6.45, 7) is 2.21. The van der Waals surface area contributed by atoms with Crippen LogP contribution < -0.4 is 14.8 Å². The predicted octanol–water partition coefficient (Wildman–Crippen LogP) is 3.41. The number of ether oxygens (including phenoxy) is 2. The van der Waals surface area contributed by atoms with E-state index in [-0.39, 0.29) is 5.91 Å². The molecule has 22 heavy (non-hydrogen) atoms. The molecule has 1 N–H and O–H groups in total. The zero-order valence-corrected chi connectivity index (χ0v) is 13.6. The van der Waals surface area contributed by atoms with Crippen molar-refractivity contribution in [2.45, 2.75) is 38.6 Å². The van der Waals surface area contributed by atoms with Gasteiger partial charge in [0.15, 0.2) is 0 Å². The number of carbonyl (C=O) groups excluding carboxylic acids is 1. The molecule has 120 valence electrons. The molecule has 1 aliphatic carbocycles. The van der Waals surface area contributed by atoms with Crippen LogP contribution in [0, 0.1) is 5.92 Å². The van der Waals surface area contributed by atoms with Crippen LogP contribution in [0.2, 0.25) is 0 Å². The molecule has 0 heterocycles. The van der Waals surface area contributed by atoms with Crippen LogP contribution >= 0.6 is 0 Å². The van der Waals surface area contributed by atoms with Crippen LogP contribution in [-0.2, 0) is 4.79 Å². The molecule has 4 nitrogen and oxygen atoms in total. The molecular formula is C18H25NO3. The molecular weight excluding hydrogens is 278 g/mol. The van der Waals surface area contributed by atoms with E-state index in [1.54, 1.807) is 32.4 Å². The average molecular weight is 303 g/mol. The summed E-state index contributed by atoms with van der Waals surface area (Å²) in [6, 6.07) is 5.83. The van der Waals surface area contributed by atoms with E-state index in [1.807, 2.05) is 12.1 Å². The Morgan fingerprint density at radius 1 is 1.23 bits per heavy atom. The van der Waals surface area contributed by atoms with E-state index < -0.39 is 0 Å². The van der Waals surface area contributed by atoms with Gasteiger partial charge in [-0.05, 0) is 37.0 Å². The molecule has 1 aromatic carbocycles. The molecule has 2 unspecified atom stereocenters. The molecule has 0 spiro atoms. The molecule has 0 bridgehead atoms. The van der Waals surface area contributed by atoms with Crippen LogP contribution in [0.5, 0.6) is 11.5 Å². The fraction of sp³-hybridized carbons (Fsp3) is 0.500. The number of carbonyl (C=O) groups is 1. The monoisotopic (exact) mass is 303 g/mol. The van der Waals surface area contributed by atoms with Crippen molar-refractivity contribution in [3.63, 3.8) is 0 Å². The normalized spacial score (nSPS) is 21.6. The van der Waals surface area contributed by atoms with Gasteiger partial charge in [-0.25, -0.2) is 0 Å². The number of amides is 1. The van der Waals surface area contributed by atoms with Gasteiger partial charge in [-0.2, -0.15) is 0 Å². The minimum Gasteiger partial charge on any atom is -0.497 e. The topological polar surface area (TPSA) is 47.6 Å². The molecule has 1 amide bonds. The second-order valence-electron chi connectivity index (χ2n) is 5.82. The summed E-state index contributed by atoms with van der Waals surface area (Å²) < 4.78 is 10.5. The number of hydrogen-bond acceptors (Lipinski definition) is 3. The smallest absolute Gasteiger partial charge is 0.244 e. The Morgan fingerprint density at radius 3 is 2.68 bits per heavy atom. The summed E-state index contributed by atoms with van der Waals surface area (Å²) in [5.74, 6) is 1.93. The van der Waals surface area contributed by atoms with Crippen LogP contribution in [0.4, 0.5) is 0 Å². The Hall–Kier alpha value is -1.97. The van der Waals surface area contributed by atoms with Crippen molar-refractivity contribution < 1.29 is 14.3 Å². The van der Waals surface area contributed by atoms with Crippen molar-refractivity contribution in [3.8, 4) is 11.5 Å². The Balaban J connectivity index is 2.00. The van der Waals surface area contributed by atoms with E-state index in [0.717, 1.165) is 17.7 Å². The summed E-state index contributed by atoms with van der Waals surface area (Å²) in [6.07, 6.45) is 8.10. The quantitative estimate of drug-likeness (QED) is 0.848. The lowest BCUT2D eigenvalue weighted by Crippen LogP contribution is -2.40. The third kappa shape index (κ3) is 4.26. The highest BCUT2D eigenvalue weighted by atomic mass is 16.5. The van der Waals surface area contributed by atoms with Crippen LogP contribution in [0.25, 0.3) is 6.08 Å². The van der Waals surface area contributed by atoms with Crippen molar-refractivity contribution in [2.24, 2.45) is 5.92 Å². The van der Waals surface area contributed by atoms with E-state index >= 15 is 0 Å². The van der Waals surface area contributed by atoms with E-state index in [1.165, 1.54) is 19.3 Å². The Bertz CT molecular complexity index is 539. The van der Waals surface area contributed by atoms with Gasteiger partial charge < -0.3 is 14.8 Å². The molecule has 0 aliphatic heterocycles. The van der Waals surface area contributed by atoms with E-state index in [9.17, 15) is 4.79 Å². The lowest BCUT2D eigenvalue weighted by atomic mass is 9.86. The summed E-state index contributed by atoms with van der Waals surface area (Å²) in [7, 11) is 3.22.